The fourth-order valence-corrected chi connectivity index (χ4v) is 6.24. The number of rotatable bonds is 6. The number of aromatic nitrogens is 2. The summed E-state index contributed by atoms with van der Waals surface area (Å²) in [5.74, 6) is -0.0541. The SMILES string of the molecule is CCOc1ncc(C(=O)C2CC3CCC(C2)N3C(=O)OCC2c3ccccc3-c3ccccc32)cn1. The number of carbonyl (C=O) groups is 2. The van der Waals surface area contributed by atoms with Gasteiger partial charge in [0.2, 0.25) is 0 Å². The maximum absolute atomic E-state index is 13.3. The van der Waals surface area contributed by atoms with Crippen LogP contribution in [0.2, 0.25) is 0 Å². The lowest BCUT2D eigenvalue weighted by molar-refractivity contribution is 0.0505. The first-order valence-corrected chi connectivity index (χ1v) is 12.8. The van der Waals surface area contributed by atoms with Gasteiger partial charge in [-0.3, -0.25) is 4.79 Å². The Labute approximate surface area is 210 Å². The lowest BCUT2D eigenvalue weighted by Crippen LogP contribution is -2.48. The van der Waals surface area contributed by atoms with Crippen molar-refractivity contribution in [3.8, 4) is 17.1 Å². The van der Waals surface area contributed by atoms with Gasteiger partial charge in [0.25, 0.3) is 0 Å². The summed E-state index contributed by atoms with van der Waals surface area (Å²) in [6.07, 6.45) is 5.91. The number of benzene rings is 2. The highest BCUT2D eigenvalue weighted by molar-refractivity contribution is 5.97. The van der Waals surface area contributed by atoms with Crippen LogP contribution in [0.25, 0.3) is 11.1 Å². The molecule has 0 saturated carbocycles. The molecule has 3 heterocycles. The Balaban J connectivity index is 1.12. The molecule has 2 atom stereocenters. The predicted molar refractivity (Wildman–Crippen MR) is 134 cm³/mol. The van der Waals surface area contributed by atoms with Crippen LogP contribution in [0.3, 0.4) is 0 Å². The van der Waals surface area contributed by atoms with Crippen LogP contribution in [0.5, 0.6) is 6.01 Å². The van der Waals surface area contributed by atoms with Gasteiger partial charge in [0.05, 0.1) is 12.2 Å². The number of carbonyl (C=O) groups excluding carboxylic acids is 2. The largest absolute Gasteiger partial charge is 0.464 e. The van der Waals surface area contributed by atoms with Gasteiger partial charge >= 0.3 is 12.1 Å². The quantitative estimate of drug-likeness (QED) is 0.446. The van der Waals surface area contributed by atoms with Crippen LogP contribution in [0.1, 0.15) is 60.0 Å². The van der Waals surface area contributed by atoms with Crippen LogP contribution in [0, 0.1) is 5.92 Å². The molecule has 7 nitrogen and oxygen atoms in total. The maximum atomic E-state index is 13.3. The van der Waals surface area contributed by atoms with E-state index in [9.17, 15) is 9.59 Å². The van der Waals surface area contributed by atoms with Gasteiger partial charge in [-0.1, -0.05) is 48.5 Å². The Morgan fingerprint density at radius 1 is 0.917 bits per heavy atom. The summed E-state index contributed by atoms with van der Waals surface area (Å²) < 4.78 is 11.2. The van der Waals surface area contributed by atoms with Crippen LogP contribution in [0.4, 0.5) is 4.79 Å². The van der Waals surface area contributed by atoms with E-state index in [0.717, 1.165) is 12.8 Å². The van der Waals surface area contributed by atoms with Crippen molar-refractivity contribution < 1.29 is 19.1 Å². The summed E-state index contributed by atoms with van der Waals surface area (Å²) in [5.41, 5.74) is 5.34. The topological polar surface area (TPSA) is 81.6 Å². The number of fused-ring (bicyclic) bond motifs is 5. The molecule has 2 aliphatic heterocycles. The second-order valence-corrected chi connectivity index (χ2v) is 9.82. The Hall–Kier alpha value is -3.74. The van der Waals surface area contributed by atoms with Gasteiger partial charge < -0.3 is 14.4 Å². The van der Waals surface area contributed by atoms with Crippen LogP contribution < -0.4 is 4.74 Å². The first-order chi connectivity index (χ1) is 17.6. The molecule has 184 valence electrons. The van der Waals surface area contributed by atoms with Crippen molar-refractivity contribution in [2.45, 2.75) is 50.6 Å². The Morgan fingerprint density at radius 2 is 1.50 bits per heavy atom. The van der Waals surface area contributed by atoms with Gasteiger partial charge in [-0.05, 0) is 54.9 Å². The second-order valence-electron chi connectivity index (χ2n) is 9.82. The molecular weight excluding hydrogens is 454 g/mol. The minimum Gasteiger partial charge on any atom is -0.464 e. The number of ketones is 1. The molecule has 1 amide bonds. The molecule has 3 aliphatic rings. The lowest BCUT2D eigenvalue weighted by Gasteiger charge is -2.37. The number of ether oxygens (including phenoxy) is 2. The summed E-state index contributed by atoms with van der Waals surface area (Å²) >= 11 is 0. The van der Waals surface area contributed by atoms with Crippen molar-refractivity contribution in [3.05, 3.63) is 77.6 Å². The third-order valence-electron chi connectivity index (χ3n) is 7.84. The minimum absolute atomic E-state index is 0.0250. The first kappa shape index (κ1) is 22.7. The fraction of sp³-hybridized carbons (Fsp3) is 0.379. The third kappa shape index (κ3) is 3.92. The smallest absolute Gasteiger partial charge is 0.410 e. The van der Waals surface area contributed by atoms with Crippen molar-refractivity contribution in [3.63, 3.8) is 0 Å². The molecule has 0 N–H and O–H groups in total. The molecule has 3 aromatic rings. The molecule has 6 rings (SSSR count). The van der Waals surface area contributed by atoms with E-state index in [1.54, 1.807) is 12.4 Å². The monoisotopic (exact) mass is 483 g/mol. The van der Waals surface area contributed by atoms with E-state index in [1.165, 1.54) is 22.3 Å². The summed E-state index contributed by atoms with van der Waals surface area (Å²) in [7, 11) is 0. The van der Waals surface area contributed by atoms with Crippen LogP contribution >= 0.6 is 0 Å². The van der Waals surface area contributed by atoms with E-state index in [0.29, 0.717) is 31.6 Å². The maximum Gasteiger partial charge on any atom is 0.410 e. The summed E-state index contributed by atoms with van der Waals surface area (Å²) in [4.78, 5) is 36.6. The molecular formula is C29H29N3O4. The Morgan fingerprint density at radius 3 is 2.08 bits per heavy atom. The Kier molecular flexibility index (Phi) is 5.91. The number of hydrogen-bond acceptors (Lipinski definition) is 6. The van der Waals surface area contributed by atoms with Crippen molar-refractivity contribution in [1.29, 1.82) is 0 Å². The zero-order chi connectivity index (χ0) is 24.6. The highest BCUT2D eigenvalue weighted by Gasteiger charge is 2.46. The van der Waals surface area contributed by atoms with Crippen molar-refractivity contribution in [2.24, 2.45) is 5.92 Å². The molecule has 1 aromatic heterocycles. The summed E-state index contributed by atoms with van der Waals surface area (Å²) in [6.45, 7) is 2.65. The van der Waals surface area contributed by atoms with E-state index in [4.69, 9.17) is 9.47 Å². The van der Waals surface area contributed by atoms with Crippen molar-refractivity contribution >= 4 is 11.9 Å². The number of piperidine rings is 1. The number of amides is 1. The first-order valence-electron chi connectivity index (χ1n) is 12.8. The van der Waals surface area contributed by atoms with Gasteiger partial charge in [0, 0.05) is 36.3 Å². The molecule has 2 aromatic carbocycles. The van der Waals surface area contributed by atoms with Gasteiger partial charge in [0.1, 0.15) is 6.61 Å². The van der Waals surface area contributed by atoms with E-state index < -0.39 is 0 Å². The van der Waals surface area contributed by atoms with Crippen LogP contribution in [0.15, 0.2) is 60.9 Å². The summed E-state index contributed by atoms with van der Waals surface area (Å²) in [5, 5.41) is 0. The van der Waals surface area contributed by atoms with Gasteiger partial charge in [-0.2, -0.15) is 0 Å². The van der Waals surface area contributed by atoms with Gasteiger partial charge in [-0.25, -0.2) is 14.8 Å². The zero-order valence-electron chi connectivity index (χ0n) is 20.3. The molecule has 0 radical (unpaired) electrons. The minimum atomic E-state index is -0.264. The van der Waals surface area contributed by atoms with Crippen molar-refractivity contribution in [1.82, 2.24) is 14.9 Å². The third-order valence-corrected chi connectivity index (χ3v) is 7.84. The zero-order valence-corrected chi connectivity index (χ0v) is 20.3. The molecule has 2 unspecified atom stereocenters. The molecule has 0 spiro atoms. The van der Waals surface area contributed by atoms with E-state index in [-0.39, 0.29) is 41.8 Å². The molecule has 1 aliphatic carbocycles. The molecule has 2 saturated heterocycles. The van der Waals surface area contributed by atoms with Gasteiger partial charge in [-0.15, -0.1) is 0 Å². The standard InChI is InChI=1S/C29H29N3O4/c1-2-35-28-30-15-19(16-31-28)27(33)18-13-20-11-12-21(14-18)32(20)29(34)36-17-26-24-9-5-3-7-22(24)23-8-4-6-10-25(23)26/h3-10,15-16,18,20-21,26H,2,11-14,17H2,1H3. The summed E-state index contributed by atoms with van der Waals surface area (Å²) in [6, 6.07) is 17.0. The Bertz CT molecular complexity index is 1230. The van der Waals surface area contributed by atoms with E-state index >= 15 is 0 Å². The number of Topliss-reactive ketones (excluding diaryl/α,β-unsaturated/α-hetero) is 1. The van der Waals surface area contributed by atoms with Crippen LogP contribution in [-0.2, 0) is 4.74 Å². The highest BCUT2D eigenvalue weighted by Crippen LogP contribution is 2.45. The van der Waals surface area contributed by atoms with Crippen LogP contribution in [-0.4, -0.2) is 52.0 Å². The lowest BCUT2D eigenvalue weighted by atomic mass is 9.85. The molecule has 2 fully saturated rings. The average molecular weight is 484 g/mol. The highest BCUT2D eigenvalue weighted by atomic mass is 16.6. The molecule has 36 heavy (non-hydrogen) atoms. The second kappa shape index (κ2) is 9.37. The van der Waals surface area contributed by atoms with Gasteiger partial charge in [0.15, 0.2) is 5.78 Å². The van der Waals surface area contributed by atoms with E-state index in [1.807, 2.05) is 36.1 Å². The normalized spacial score (nSPS) is 22.1. The number of hydrogen-bond donors (Lipinski definition) is 0. The molecule has 2 bridgehead atoms. The predicted octanol–water partition coefficient (Wildman–Crippen LogP) is 5.25. The molecule has 7 heteroatoms. The average Bonchev–Trinajstić information content (AvgIpc) is 3.38. The number of nitrogens with zero attached hydrogens (tertiary/aromatic N) is 3. The fourth-order valence-electron chi connectivity index (χ4n) is 6.24. The van der Waals surface area contributed by atoms with Crippen molar-refractivity contribution in [2.75, 3.05) is 13.2 Å². The van der Waals surface area contributed by atoms with E-state index in [2.05, 4.69) is 34.2 Å².